The van der Waals surface area contributed by atoms with E-state index < -0.39 is 11.8 Å². The second kappa shape index (κ2) is 6.39. The number of amides is 2. The van der Waals surface area contributed by atoms with Gasteiger partial charge in [-0.1, -0.05) is 17.7 Å². The molecular weight excluding hydrogens is 236 g/mol. The minimum Gasteiger partial charge on any atom is -0.399 e. The third-order valence-corrected chi connectivity index (χ3v) is 2.23. The molecule has 6 nitrogen and oxygen atoms in total. The fourth-order valence-corrected chi connectivity index (χ4v) is 1.28. The van der Waals surface area contributed by atoms with Gasteiger partial charge in [0.1, 0.15) is 0 Å². The topological polar surface area (TPSA) is 89.7 Å². The molecule has 6 heteroatoms. The zero-order valence-corrected chi connectivity index (χ0v) is 9.96. The van der Waals surface area contributed by atoms with Gasteiger partial charge in [-0.3, -0.25) is 14.4 Å². The standard InChI is InChI=1S/C7H9N.C5H5NO4/c1-6-2-4-7(8)5-3-6;7-3-10-6-4(8)1-2-5(6)9/h2-5H,8H2,1H3;3H,1-2H2. The van der Waals surface area contributed by atoms with E-state index >= 15 is 0 Å². The first-order valence-corrected chi connectivity index (χ1v) is 5.33. The van der Waals surface area contributed by atoms with Gasteiger partial charge in [0, 0.05) is 18.5 Å². The molecule has 1 aliphatic rings. The largest absolute Gasteiger partial charge is 0.399 e. The highest BCUT2D eigenvalue weighted by Crippen LogP contribution is 2.10. The Kier molecular flexibility index (Phi) is 4.86. The normalized spacial score (nSPS) is 13.9. The predicted molar refractivity (Wildman–Crippen MR) is 63.8 cm³/mol. The van der Waals surface area contributed by atoms with Crippen molar-refractivity contribution in [1.29, 1.82) is 0 Å². The first-order valence-electron chi connectivity index (χ1n) is 5.33. The summed E-state index contributed by atoms with van der Waals surface area (Å²) in [6.45, 7) is 2.10. The number of nitrogens with zero attached hydrogens (tertiary/aromatic N) is 1. The lowest BCUT2D eigenvalue weighted by molar-refractivity contribution is -0.188. The van der Waals surface area contributed by atoms with Crippen LogP contribution in [-0.4, -0.2) is 23.3 Å². The molecule has 0 atom stereocenters. The van der Waals surface area contributed by atoms with Crippen LogP contribution in [-0.2, 0) is 19.2 Å². The number of aryl methyl sites for hydroxylation is 1. The Morgan fingerprint density at radius 3 is 2.06 bits per heavy atom. The molecule has 0 unspecified atom stereocenters. The molecule has 96 valence electrons. The van der Waals surface area contributed by atoms with Crippen molar-refractivity contribution in [3.63, 3.8) is 0 Å². The number of nitrogen functional groups attached to an aromatic ring is 1. The van der Waals surface area contributed by atoms with Crippen LogP contribution in [0.25, 0.3) is 0 Å². The van der Waals surface area contributed by atoms with Crippen molar-refractivity contribution in [3.05, 3.63) is 29.8 Å². The van der Waals surface area contributed by atoms with E-state index in [9.17, 15) is 14.4 Å². The zero-order valence-electron chi connectivity index (χ0n) is 9.96. The van der Waals surface area contributed by atoms with E-state index in [0.717, 1.165) is 5.69 Å². The fraction of sp³-hybridized carbons (Fsp3) is 0.250. The summed E-state index contributed by atoms with van der Waals surface area (Å²) >= 11 is 0. The Labute approximate surface area is 104 Å². The van der Waals surface area contributed by atoms with Crippen molar-refractivity contribution in [3.8, 4) is 0 Å². The van der Waals surface area contributed by atoms with E-state index in [1.165, 1.54) is 5.56 Å². The fourth-order valence-electron chi connectivity index (χ4n) is 1.28. The highest BCUT2D eigenvalue weighted by Gasteiger charge is 2.30. The van der Waals surface area contributed by atoms with Crippen molar-refractivity contribution in [1.82, 2.24) is 5.06 Å². The van der Waals surface area contributed by atoms with E-state index in [1.807, 2.05) is 31.2 Å². The Morgan fingerprint density at radius 2 is 1.67 bits per heavy atom. The lowest BCUT2D eigenvalue weighted by Crippen LogP contribution is -2.28. The lowest BCUT2D eigenvalue weighted by Gasteiger charge is -2.06. The van der Waals surface area contributed by atoms with E-state index in [2.05, 4.69) is 4.84 Å². The van der Waals surface area contributed by atoms with Gasteiger partial charge in [-0.15, -0.1) is 5.06 Å². The molecule has 1 heterocycles. The molecule has 0 radical (unpaired) electrons. The van der Waals surface area contributed by atoms with Crippen LogP contribution >= 0.6 is 0 Å². The van der Waals surface area contributed by atoms with Crippen LogP contribution in [0, 0.1) is 6.92 Å². The Balaban J connectivity index is 0.000000184. The van der Waals surface area contributed by atoms with Crippen LogP contribution in [0.5, 0.6) is 0 Å². The van der Waals surface area contributed by atoms with Crippen LogP contribution in [0.2, 0.25) is 0 Å². The van der Waals surface area contributed by atoms with Gasteiger partial charge in [-0.05, 0) is 19.1 Å². The van der Waals surface area contributed by atoms with Gasteiger partial charge in [0.15, 0.2) is 0 Å². The number of hydrogen-bond donors (Lipinski definition) is 1. The number of rotatable bonds is 2. The van der Waals surface area contributed by atoms with E-state index in [0.29, 0.717) is 5.06 Å². The zero-order chi connectivity index (χ0) is 13.5. The summed E-state index contributed by atoms with van der Waals surface area (Å²) in [6, 6.07) is 7.79. The average molecular weight is 250 g/mol. The summed E-state index contributed by atoms with van der Waals surface area (Å²) in [4.78, 5) is 35.0. The quantitative estimate of drug-likeness (QED) is 0.476. The maximum atomic E-state index is 10.6. The Morgan fingerprint density at radius 1 is 1.17 bits per heavy atom. The molecule has 18 heavy (non-hydrogen) atoms. The maximum Gasteiger partial charge on any atom is 0.321 e. The molecule has 2 amide bonds. The number of carbonyl (C=O) groups is 3. The second-order valence-corrected chi connectivity index (χ2v) is 3.69. The summed E-state index contributed by atoms with van der Waals surface area (Å²) in [5.41, 5.74) is 7.51. The van der Waals surface area contributed by atoms with Crippen molar-refractivity contribution in [2.45, 2.75) is 19.8 Å². The van der Waals surface area contributed by atoms with Crippen molar-refractivity contribution in [2.24, 2.45) is 0 Å². The molecular formula is C12H14N2O4. The number of anilines is 1. The number of nitrogens with two attached hydrogens (primary N) is 1. The third-order valence-electron chi connectivity index (χ3n) is 2.23. The number of imide groups is 1. The SMILES string of the molecule is Cc1ccc(N)cc1.O=CON1C(=O)CCC1=O. The van der Waals surface area contributed by atoms with Gasteiger partial charge in [-0.25, -0.2) is 0 Å². The number of benzene rings is 1. The molecule has 2 rings (SSSR count). The third kappa shape index (κ3) is 3.89. The predicted octanol–water partition coefficient (Wildman–Crippen LogP) is 0.801. The summed E-state index contributed by atoms with van der Waals surface area (Å²) in [6.07, 6.45) is 0.263. The minimum atomic E-state index is -0.461. The number of carbonyl (C=O) groups excluding carboxylic acids is 3. The van der Waals surface area contributed by atoms with Crippen LogP contribution in [0.3, 0.4) is 0 Å². The molecule has 0 spiro atoms. The minimum absolute atomic E-state index is 0.0567. The molecule has 0 aliphatic carbocycles. The van der Waals surface area contributed by atoms with Gasteiger partial charge in [0.05, 0.1) is 0 Å². The lowest BCUT2D eigenvalue weighted by atomic mass is 10.2. The molecule has 0 saturated carbocycles. The van der Waals surface area contributed by atoms with Gasteiger partial charge in [0.2, 0.25) is 0 Å². The van der Waals surface area contributed by atoms with Crippen molar-refractivity contribution in [2.75, 3.05) is 5.73 Å². The molecule has 0 bridgehead atoms. The molecule has 1 saturated heterocycles. The summed E-state index contributed by atoms with van der Waals surface area (Å²) < 4.78 is 0. The monoisotopic (exact) mass is 250 g/mol. The van der Waals surface area contributed by atoms with Crippen LogP contribution < -0.4 is 5.73 Å². The second-order valence-electron chi connectivity index (χ2n) is 3.69. The molecule has 1 aromatic carbocycles. The summed E-state index contributed by atoms with van der Waals surface area (Å²) in [5.74, 6) is -0.922. The van der Waals surface area contributed by atoms with E-state index in [-0.39, 0.29) is 19.3 Å². The van der Waals surface area contributed by atoms with Crippen LogP contribution in [0.1, 0.15) is 18.4 Å². The maximum absolute atomic E-state index is 10.6. The first kappa shape index (κ1) is 13.7. The molecule has 1 aromatic rings. The van der Waals surface area contributed by atoms with E-state index in [1.54, 1.807) is 0 Å². The molecule has 1 fully saturated rings. The Bertz CT molecular complexity index is 405. The summed E-state index contributed by atoms with van der Waals surface area (Å²) in [5, 5.41) is 0.479. The Hall–Kier alpha value is -2.37. The highest BCUT2D eigenvalue weighted by molar-refractivity contribution is 6.01. The van der Waals surface area contributed by atoms with Gasteiger partial charge < -0.3 is 10.6 Å². The van der Waals surface area contributed by atoms with Crippen LogP contribution in [0.4, 0.5) is 5.69 Å². The summed E-state index contributed by atoms with van der Waals surface area (Å²) in [7, 11) is 0. The smallest absolute Gasteiger partial charge is 0.321 e. The molecule has 2 N–H and O–H groups in total. The number of hydrogen-bond acceptors (Lipinski definition) is 5. The van der Waals surface area contributed by atoms with Crippen molar-refractivity contribution >= 4 is 24.0 Å². The first-order chi connectivity index (χ1) is 8.54. The van der Waals surface area contributed by atoms with E-state index in [4.69, 9.17) is 5.73 Å². The molecule has 1 aliphatic heterocycles. The average Bonchev–Trinajstić information content (AvgIpc) is 2.66. The van der Waals surface area contributed by atoms with Gasteiger partial charge in [0.25, 0.3) is 11.8 Å². The van der Waals surface area contributed by atoms with Gasteiger partial charge >= 0.3 is 6.47 Å². The molecule has 0 aromatic heterocycles. The van der Waals surface area contributed by atoms with Crippen LogP contribution in [0.15, 0.2) is 24.3 Å². The van der Waals surface area contributed by atoms with Gasteiger partial charge in [-0.2, -0.15) is 0 Å². The highest BCUT2D eigenvalue weighted by atomic mass is 16.7. The number of hydroxylamine groups is 2. The van der Waals surface area contributed by atoms with Crippen molar-refractivity contribution < 1.29 is 19.2 Å².